The summed E-state index contributed by atoms with van der Waals surface area (Å²) in [4.78, 5) is 26.5. The van der Waals surface area contributed by atoms with E-state index in [1.165, 1.54) is 0 Å². The number of nitrogens with zero attached hydrogens (tertiary/aromatic N) is 1. The van der Waals surface area contributed by atoms with Crippen molar-refractivity contribution in [3.8, 4) is 0 Å². The Morgan fingerprint density at radius 1 is 1.35 bits per heavy atom. The standard InChI is InChI=1S/C11H16N4O2/c1-8-6-13-4-2-9(8)7-15-11(17)10(16)14-5-3-12/h2,4,6H,3,5,7,12H2,1H3,(H,14,16)(H,15,17). The van der Waals surface area contributed by atoms with Gasteiger partial charge in [0.2, 0.25) is 0 Å². The van der Waals surface area contributed by atoms with Gasteiger partial charge in [-0.1, -0.05) is 0 Å². The molecule has 0 aliphatic rings. The molecule has 1 heterocycles. The lowest BCUT2D eigenvalue weighted by Gasteiger charge is -2.07. The van der Waals surface area contributed by atoms with Crippen LogP contribution in [0.5, 0.6) is 0 Å². The third-order valence-corrected chi connectivity index (χ3v) is 2.21. The number of carbonyl (C=O) groups excluding carboxylic acids is 2. The minimum atomic E-state index is -0.665. The van der Waals surface area contributed by atoms with Crippen molar-refractivity contribution in [2.45, 2.75) is 13.5 Å². The van der Waals surface area contributed by atoms with Gasteiger partial charge < -0.3 is 16.4 Å². The van der Waals surface area contributed by atoms with Crippen molar-refractivity contribution < 1.29 is 9.59 Å². The topological polar surface area (TPSA) is 97.1 Å². The van der Waals surface area contributed by atoms with Crippen molar-refractivity contribution in [2.75, 3.05) is 13.1 Å². The molecule has 6 heteroatoms. The second kappa shape index (κ2) is 6.59. The fraction of sp³-hybridized carbons (Fsp3) is 0.364. The van der Waals surface area contributed by atoms with E-state index in [0.29, 0.717) is 19.6 Å². The van der Waals surface area contributed by atoms with Crippen LogP contribution in [-0.4, -0.2) is 29.9 Å². The molecule has 0 spiro atoms. The van der Waals surface area contributed by atoms with Crippen molar-refractivity contribution in [1.29, 1.82) is 0 Å². The first kappa shape index (κ1) is 13.1. The monoisotopic (exact) mass is 236 g/mol. The number of carbonyl (C=O) groups is 2. The smallest absolute Gasteiger partial charge is 0.309 e. The number of rotatable bonds is 4. The van der Waals surface area contributed by atoms with Crippen LogP contribution in [0.4, 0.5) is 0 Å². The van der Waals surface area contributed by atoms with Gasteiger partial charge in [0, 0.05) is 32.0 Å². The summed E-state index contributed by atoms with van der Waals surface area (Å²) in [5.41, 5.74) is 7.11. The first-order valence-corrected chi connectivity index (χ1v) is 5.30. The zero-order chi connectivity index (χ0) is 12.7. The van der Waals surface area contributed by atoms with E-state index >= 15 is 0 Å². The molecule has 0 saturated heterocycles. The summed E-state index contributed by atoms with van der Waals surface area (Å²) in [5, 5.41) is 4.92. The Bertz CT molecular complexity index is 406. The maximum absolute atomic E-state index is 11.4. The molecule has 4 N–H and O–H groups in total. The summed E-state index contributed by atoms with van der Waals surface area (Å²) in [6.07, 6.45) is 3.35. The molecule has 0 atom stereocenters. The number of nitrogens with one attached hydrogen (secondary N) is 2. The average Bonchev–Trinajstić information content (AvgIpc) is 2.34. The first-order chi connectivity index (χ1) is 8.15. The molecule has 17 heavy (non-hydrogen) atoms. The van der Waals surface area contributed by atoms with Crippen LogP contribution >= 0.6 is 0 Å². The molecule has 0 unspecified atom stereocenters. The van der Waals surface area contributed by atoms with E-state index in [9.17, 15) is 9.59 Å². The molecule has 1 rings (SSSR count). The normalized spacial score (nSPS) is 9.76. The molecule has 0 aliphatic heterocycles. The van der Waals surface area contributed by atoms with Gasteiger partial charge in [0.15, 0.2) is 0 Å². The van der Waals surface area contributed by atoms with E-state index in [1.807, 2.05) is 6.92 Å². The summed E-state index contributed by atoms with van der Waals surface area (Å²) < 4.78 is 0. The highest BCUT2D eigenvalue weighted by Gasteiger charge is 2.11. The number of hydrogen-bond donors (Lipinski definition) is 3. The molecule has 0 radical (unpaired) electrons. The minimum absolute atomic E-state index is 0.292. The summed E-state index contributed by atoms with van der Waals surface area (Å²) in [6, 6.07) is 1.80. The Morgan fingerprint density at radius 3 is 2.71 bits per heavy atom. The quantitative estimate of drug-likeness (QED) is 0.589. The molecule has 0 fully saturated rings. The molecule has 1 aromatic heterocycles. The van der Waals surface area contributed by atoms with Gasteiger partial charge in [-0.25, -0.2) is 0 Å². The van der Waals surface area contributed by atoms with Crippen LogP contribution < -0.4 is 16.4 Å². The first-order valence-electron chi connectivity index (χ1n) is 5.30. The fourth-order valence-electron chi connectivity index (χ4n) is 1.22. The van der Waals surface area contributed by atoms with Crippen molar-refractivity contribution in [3.05, 3.63) is 29.6 Å². The van der Waals surface area contributed by atoms with E-state index in [4.69, 9.17) is 5.73 Å². The number of aromatic nitrogens is 1. The van der Waals surface area contributed by atoms with Gasteiger partial charge in [0.25, 0.3) is 0 Å². The molecule has 0 bridgehead atoms. The SMILES string of the molecule is Cc1cnccc1CNC(=O)C(=O)NCCN. The van der Waals surface area contributed by atoms with Crippen LogP contribution in [-0.2, 0) is 16.1 Å². The molecule has 1 aromatic rings. The Hall–Kier alpha value is -1.95. The number of pyridine rings is 1. The molecule has 0 aliphatic carbocycles. The fourth-order valence-corrected chi connectivity index (χ4v) is 1.22. The number of amides is 2. The van der Waals surface area contributed by atoms with Crippen LogP contribution in [0.25, 0.3) is 0 Å². The summed E-state index contributed by atoms with van der Waals surface area (Å²) in [6.45, 7) is 2.80. The van der Waals surface area contributed by atoms with E-state index in [2.05, 4.69) is 15.6 Å². The molecule has 6 nitrogen and oxygen atoms in total. The Kier molecular flexibility index (Phi) is 5.09. The lowest BCUT2D eigenvalue weighted by Crippen LogP contribution is -2.41. The van der Waals surface area contributed by atoms with Gasteiger partial charge in [-0.2, -0.15) is 0 Å². The Balaban J connectivity index is 2.43. The third kappa shape index (κ3) is 4.20. The van der Waals surface area contributed by atoms with Crippen LogP contribution in [0, 0.1) is 6.92 Å². The highest BCUT2D eigenvalue weighted by Crippen LogP contribution is 2.03. The van der Waals surface area contributed by atoms with Crippen molar-refractivity contribution in [1.82, 2.24) is 15.6 Å². The largest absolute Gasteiger partial charge is 0.347 e. The maximum atomic E-state index is 11.4. The third-order valence-electron chi connectivity index (χ3n) is 2.21. The molecule has 2 amide bonds. The lowest BCUT2D eigenvalue weighted by molar-refractivity contribution is -0.139. The molecular weight excluding hydrogens is 220 g/mol. The minimum Gasteiger partial charge on any atom is -0.347 e. The predicted octanol–water partition coefficient (Wildman–Crippen LogP) is -0.919. The summed E-state index contributed by atoms with van der Waals surface area (Å²) in [7, 11) is 0. The Labute approximate surface area is 99.6 Å². The van der Waals surface area contributed by atoms with Crippen molar-refractivity contribution in [3.63, 3.8) is 0 Å². The maximum Gasteiger partial charge on any atom is 0.309 e. The summed E-state index contributed by atoms with van der Waals surface area (Å²) in [5.74, 6) is -1.32. The highest BCUT2D eigenvalue weighted by molar-refractivity contribution is 6.35. The van der Waals surface area contributed by atoms with E-state index in [0.717, 1.165) is 11.1 Å². The Morgan fingerprint density at radius 2 is 2.06 bits per heavy atom. The zero-order valence-electron chi connectivity index (χ0n) is 9.69. The number of aryl methyl sites for hydroxylation is 1. The second-order valence-electron chi connectivity index (χ2n) is 3.53. The molecular formula is C11H16N4O2. The van der Waals surface area contributed by atoms with Gasteiger partial charge >= 0.3 is 11.8 Å². The predicted molar refractivity (Wildman–Crippen MR) is 62.9 cm³/mol. The van der Waals surface area contributed by atoms with Crippen molar-refractivity contribution in [2.24, 2.45) is 5.73 Å². The molecule has 0 aromatic carbocycles. The van der Waals surface area contributed by atoms with Crippen LogP contribution in [0.3, 0.4) is 0 Å². The zero-order valence-corrected chi connectivity index (χ0v) is 9.69. The number of nitrogens with two attached hydrogens (primary N) is 1. The van der Waals surface area contributed by atoms with E-state index in [1.54, 1.807) is 18.5 Å². The molecule has 0 saturated carbocycles. The van der Waals surface area contributed by atoms with Crippen molar-refractivity contribution >= 4 is 11.8 Å². The average molecular weight is 236 g/mol. The second-order valence-corrected chi connectivity index (χ2v) is 3.53. The number of hydrogen-bond acceptors (Lipinski definition) is 4. The van der Waals surface area contributed by atoms with Gasteiger partial charge in [-0.05, 0) is 24.1 Å². The molecule has 92 valence electrons. The van der Waals surface area contributed by atoms with Crippen LogP contribution in [0.15, 0.2) is 18.5 Å². The lowest BCUT2D eigenvalue weighted by atomic mass is 10.1. The highest BCUT2D eigenvalue weighted by atomic mass is 16.2. The van der Waals surface area contributed by atoms with E-state index < -0.39 is 11.8 Å². The van der Waals surface area contributed by atoms with Gasteiger partial charge in [-0.3, -0.25) is 14.6 Å². The van der Waals surface area contributed by atoms with Crippen LogP contribution in [0.1, 0.15) is 11.1 Å². The van der Waals surface area contributed by atoms with Gasteiger partial charge in [-0.15, -0.1) is 0 Å². The summed E-state index contributed by atoms with van der Waals surface area (Å²) >= 11 is 0. The van der Waals surface area contributed by atoms with Crippen LogP contribution in [0.2, 0.25) is 0 Å². The van der Waals surface area contributed by atoms with Gasteiger partial charge in [0.1, 0.15) is 0 Å². The van der Waals surface area contributed by atoms with Gasteiger partial charge in [0.05, 0.1) is 0 Å². The van der Waals surface area contributed by atoms with E-state index in [-0.39, 0.29) is 0 Å².